The summed E-state index contributed by atoms with van der Waals surface area (Å²) in [4.78, 5) is 38.3. The van der Waals surface area contributed by atoms with E-state index in [-0.39, 0.29) is 38.2 Å². The van der Waals surface area contributed by atoms with Gasteiger partial charge in [0, 0.05) is 6.42 Å². The Morgan fingerprint density at radius 1 is 0.652 bits per heavy atom. The number of quaternary nitrogens is 2. The number of nitrogens with one attached hydrogen (secondary N) is 2. The molecule has 2 aliphatic heterocycles. The standard InChI is InChI=1S/C7H18N2O10P4/c10-20(11)4-8(5-21(12,13)18-20)2-1-3-9-6-22(14,15)19-23(16,17)7-9/h1-7H2,(H,10,11)(H,12,13)(H,14,15)(H,16,17)/p+2. The molecule has 4 unspecified atom stereocenters. The molecule has 12 nitrogen and oxygen atoms in total. The minimum Gasteiger partial charge on any atom is -0.320 e. The van der Waals surface area contributed by atoms with Crippen molar-refractivity contribution in [2.45, 2.75) is 6.42 Å². The molecule has 2 aliphatic rings. The minimum atomic E-state index is -4.12. The average Bonchev–Trinajstić information content (AvgIpc) is 2.19. The van der Waals surface area contributed by atoms with Gasteiger partial charge in [0.05, 0.1) is 13.1 Å². The van der Waals surface area contributed by atoms with E-state index in [4.69, 9.17) is 0 Å². The van der Waals surface area contributed by atoms with Crippen molar-refractivity contribution in [3.63, 3.8) is 0 Å². The topological polar surface area (TPSA) is 177 Å². The minimum absolute atomic E-state index is 0.244. The van der Waals surface area contributed by atoms with Gasteiger partial charge in [0.25, 0.3) is 0 Å². The van der Waals surface area contributed by atoms with Crippen molar-refractivity contribution < 1.29 is 56.3 Å². The lowest BCUT2D eigenvalue weighted by atomic mass is 10.4. The van der Waals surface area contributed by atoms with Gasteiger partial charge in [-0.05, 0) is 0 Å². The molecule has 23 heavy (non-hydrogen) atoms. The lowest BCUT2D eigenvalue weighted by Gasteiger charge is -2.31. The van der Waals surface area contributed by atoms with E-state index >= 15 is 0 Å². The van der Waals surface area contributed by atoms with Crippen LogP contribution in [0.2, 0.25) is 0 Å². The van der Waals surface area contributed by atoms with Gasteiger partial charge in [0.2, 0.25) is 0 Å². The summed E-state index contributed by atoms with van der Waals surface area (Å²) in [5, 5.41) is 0. The zero-order valence-corrected chi connectivity index (χ0v) is 15.6. The number of hydrogen-bond donors (Lipinski definition) is 6. The molecule has 0 aromatic heterocycles. The zero-order valence-electron chi connectivity index (χ0n) is 12.0. The summed E-state index contributed by atoms with van der Waals surface area (Å²) in [6, 6.07) is 0. The average molecular weight is 416 g/mol. The van der Waals surface area contributed by atoms with Gasteiger partial charge in [0.15, 0.2) is 25.1 Å². The zero-order chi connectivity index (χ0) is 17.5. The van der Waals surface area contributed by atoms with Crippen LogP contribution in [-0.4, -0.2) is 57.8 Å². The van der Waals surface area contributed by atoms with Crippen LogP contribution in [0, 0.1) is 0 Å². The molecule has 2 rings (SSSR count). The Labute approximate surface area is 132 Å². The third-order valence-corrected chi connectivity index (χ3v) is 10.7. The first-order valence-electron chi connectivity index (χ1n) is 6.65. The SMILES string of the molecule is O=P1(O)C[NH+](CCC[NH+]2CP(=O)(O)OP(=O)(O)C2)CP(=O)(O)O1. The highest BCUT2D eigenvalue weighted by Crippen LogP contribution is 2.60. The molecule has 136 valence electrons. The van der Waals surface area contributed by atoms with Crippen LogP contribution in [0.5, 0.6) is 0 Å². The van der Waals surface area contributed by atoms with Gasteiger partial charge in [-0.15, -0.1) is 0 Å². The second kappa shape index (κ2) is 6.72. The van der Waals surface area contributed by atoms with Crippen molar-refractivity contribution in [1.29, 1.82) is 0 Å². The van der Waals surface area contributed by atoms with Crippen LogP contribution in [0.25, 0.3) is 0 Å². The van der Waals surface area contributed by atoms with Crippen LogP contribution in [-0.2, 0) is 26.9 Å². The molecule has 2 fully saturated rings. The third kappa shape index (κ3) is 6.44. The predicted molar refractivity (Wildman–Crippen MR) is 77.2 cm³/mol. The normalized spacial score (nSPS) is 51.5. The highest BCUT2D eigenvalue weighted by atomic mass is 31.3. The molecule has 6 N–H and O–H groups in total. The van der Waals surface area contributed by atoms with Gasteiger partial charge in [-0.1, -0.05) is 0 Å². The van der Waals surface area contributed by atoms with Crippen molar-refractivity contribution in [2.75, 3.05) is 38.2 Å². The summed E-state index contributed by atoms with van der Waals surface area (Å²) >= 11 is 0. The smallest absolute Gasteiger partial charge is 0.320 e. The van der Waals surface area contributed by atoms with Gasteiger partial charge in [-0.2, -0.15) is 0 Å². The Kier molecular flexibility index (Phi) is 5.82. The molecule has 4 atom stereocenters. The molecule has 0 aromatic carbocycles. The van der Waals surface area contributed by atoms with Crippen LogP contribution in [0.15, 0.2) is 0 Å². The molecule has 0 bridgehead atoms. The largest absolute Gasteiger partial charge is 0.389 e. The van der Waals surface area contributed by atoms with E-state index in [1.165, 1.54) is 0 Å². The molecule has 16 heteroatoms. The predicted octanol–water partition coefficient (Wildman–Crippen LogP) is -2.22. The van der Waals surface area contributed by atoms with Crippen molar-refractivity contribution in [2.24, 2.45) is 0 Å². The Morgan fingerprint density at radius 2 is 0.913 bits per heavy atom. The summed E-state index contributed by atoms with van der Waals surface area (Å²) < 4.78 is 54.6. The summed E-state index contributed by atoms with van der Waals surface area (Å²) in [6.45, 7) is 0.489. The van der Waals surface area contributed by atoms with Crippen molar-refractivity contribution in [1.82, 2.24) is 0 Å². The lowest BCUT2D eigenvalue weighted by molar-refractivity contribution is -0.900. The van der Waals surface area contributed by atoms with Gasteiger partial charge < -0.3 is 29.4 Å². The number of rotatable bonds is 4. The van der Waals surface area contributed by atoms with Crippen molar-refractivity contribution >= 4 is 30.4 Å². The highest BCUT2D eigenvalue weighted by Gasteiger charge is 2.46. The van der Waals surface area contributed by atoms with E-state index in [9.17, 15) is 37.8 Å². The second-order valence-electron chi connectivity index (χ2n) is 5.70. The molecule has 2 heterocycles. The third-order valence-electron chi connectivity index (χ3n) is 3.26. The van der Waals surface area contributed by atoms with Crippen LogP contribution < -0.4 is 9.80 Å². The van der Waals surface area contributed by atoms with E-state index in [1.807, 2.05) is 0 Å². The molecule has 0 amide bonds. The van der Waals surface area contributed by atoms with E-state index in [0.717, 1.165) is 0 Å². The quantitative estimate of drug-likeness (QED) is 0.275. The maximum Gasteiger partial charge on any atom is 0.389 e. The molecule has 0 saturated carbocycles. The summed E-state index contributed by atoms with van der Waals surface area (Å²) in [6.07, 6.45) is -0.898. The van der Waals surface area contributed by atoms with E-state index in [1.54, 1.807) is 0 Å². The van der Waals surface area contributed by atoms with Gasteiger partial charge >= 0.3 is 30.4 Å². The first kappa shape index (κ1) is 19.9. The molecule has 2 saturated heterocycles. The Hall–Kier alpha value is 0.600. The fraction of sp³-hybridized carbons (Fsp3) is 1.00. The molecular weight excluding hydrogens is 396 g/mol. The van der Waals surface area contributed by atoms with E-state index < -0.39 is 30.4 Å². The molecular formula is C7H20N2O10P4+2. The number of hydrogen-bond acceptors (Lipinski definition) is 6. The van der Waals surface area contributed by atoms with Crippen LogP contribution in [0.1, 0.15) is 6.42 Å². The summed E-state index contributed by atoms with van der Waals surface area (Å²) in [5.74, 6) is 0. The lowest BCUT2D eigenvalue weighted by Crippen LogP contribution is -3.15. The van der Waals surface area contributed by atoms with Crippen molar-refractivity contribution in [3.8, 4) is 0 Å². The Balaban J connectivity index is 1.87. The highest BCUT2D eigenvalue weighted by molar-refractivity contribution is 7.67. The first-order valence-corrected chi connectivity index (χ1v) is 13.7. The Morgan fingerprint density at radius 3 is 1.17 bits per heavy atom. The monoisotopic (exact) mass is 416 g/mol. The fourth-order valence-corrected chi connectivity index (χ4v) is 10.5. The maximum absolute atomic E-state index is 11.5. The van der Waals surface area contributed by atoms with Crippen LogP contribution in [0.4, 0.5) is 0 Å². The van der Waals surface area contributed by atoms with E-state index in [0.29, 0.717) is 16.2 Å². The van der Waals surface area contributed by atoms with Crippen LogP contribution >= 0.6 is 30.4 Å². The Bertz CT molecular complexity index is 551. The summed E-state index contributed by atoms with van der Waals surface area (Å²) in [7, 11) is -16.5. The van der Waals surface area contributed by atoms with E-state index in [2.05, 4.69) is 8.62 Å². The first-order chi connectivity index (χ1) is 10.3. The molecule has 0 radical (unpaired) electrons. The molecule has 0 spiro atoms. The summed E-state index contributed by atoms with van der Waals surface area (Å²) in [5.41, 5.74) is 0. The fourth-order valence-electron chi connectivity index (χ4n) is 2.65. The van der Waals surface area contributed by atoms with Crippen molar-refractivity contribution in [3.05, 3.63) is 0 Å². The molecule has 0 aliphatic carbocycles. The van der Waals surface area contributed by atoms with Gasteiger partial charge in [0.1, 0.15) is 0 Å². The maximum atomic E-state index is 11.5. The van der Waals surface area contributed by atoms with Gasteiger partial charge in [-0.3, -0.25) is 18.3 Å². The van der Waals surface area contributed by atoms with Gasteiger partial charge in [-0.25, -0.2) is 8.62 Å². The molecule has 0 aromatic rings. The van der Waals surface area contributed by atoms with Crippen LogP contribution in [0.3, 0.4) is 0 Å². The second-order valence-corrected chi connectivity index (χ2v) is 13.4.